The Morgan fingerprint density at radius 3 is 2.71 bits per heavy atom. The molecule has 114 valence electrons. The van der Waals surface area contributed by atoms with Gasteiger partial charge in [-0.15, -0.1) is 0 Å². The van der Waals surface area contributed by atoms with Crippen molar-refractivity contribution in [2.75, 3.05) is 19.7 Å². The van der Waals surface area contributed by atoms with E-state index in [0.717, 1.165) is 18.4 Å². The van der Waals surface area contributed by atoms with Crippen molar-refractivity contribution in [3.8, 4) is 0 Å². The number of carbonyl (C=O) groups is 2. The molecule has 0 bridgehead atoms. The molecule has 4 nitrogen and oxygen atoms in total. The molecule has 0 aliphatic carbocycles. The van der Waals surface area contributed by atoms with Crippen LogP contribution in [-0.4, -0.2) is 36.5 Å². The van der Waals surface area contributed by atoms with Crippen molar-refractivity contribution in [3.63, 3.8) is 0 Å². The molecule has 1 aliphatic heterocycles. The minimum absolute atomic E-state index is 0.0475. The predicted molar refractivity (Wildman–Crippen MR) is 81.1 cm³/mol. The van der Waals surface area contributed by atoms with Crippen LogP contribution in [0.2, 0.25) is 5.02 Å². The number of esters is 1. The van der Waals surface area contributed by atoms with Crippen LogP contribution in [0.25, 0.3) is 0 Å². The fourth-order valence-corrected chi connectivity index (χ4v) is 2.67. The standard InChI is InChI=1S/C16H20ClNO3/c1-2-21-16(20)13-4-3-9-18(11-13)15(19)10-12-5-7-14(17)8-6-12/h5-8,13H,2-4,9-11H2,1H3. The molecule has 21 heavy (non-hydrogen) atoms. The average Bonchev–Trinajstić information content (AvgIpc) is 2.50. The Kier molecular flexibility index (Phi) is 5.62. The highest BCUT2D eigenvalue weighted by Gasteiger charge is 2.29. The molecule has 0 N–H and O–H groups in total. The van der Waals surface area contributed by atoms with Crippen LogP contribution in [-0.2, 0) is 20.7 Å². The molecule has 0 saturated carbocycles. The number of rotatable bonds is 4. The van der Waals surface area contributed by atoms with Crippen molar-refractivity contribution in [2.45, 2.75) is 26.2 Å². The zero-order chi connectivity index (χ0) is 15.2. The quantitative estimate of drug-likeness (QED) is 0.803. The Morgan fingerprint density at radius 1 is 1.33 bits per heavy atom. The lowest BCUT2D eigenvalue weighted by Crippen LogP contribution is -2.43. The van der Waals surface area contributed by atoms with Crippen LogP contribution in [0.5, 0.6) is 0 Å². The molecule has 1 fully saturated rings. The third-order valence-electron chi connectivity index (χ3n) is 3.66. The number of benzene rings is 1. The summed E-state index contributed by atoms with van der Waals surface area (Å²) in [7, 11) is 0. The van der Waals surface area contributed by atoms with Crippen molar-refractivity contribution in [1.29, 1.82) is 0 Å². The molecule has 0 radical (unpaired) electrons. The summed E-state index contributed by atoms with van der Waals surface area (Å²) in [4.78, 5) is 25.9. The van der Waals surface area contributed by atoms with Crippen LogP contribution >= 0.6 is 11.6 Å². The zero-order valence-corrected chi connectivity index (χ0v) is 12.9. The third kappa shape index (κ3) is 4.46. The number of piperidine rings is 1. The molecule has 1 unspecified atom stereocenters. The number of hydrogen-bond acceptors (Lipinski definition) is 3. The maximum Gasteiger partial charge on any atom is 0.310 e. The number of likely N-dealkylation sites (tertiary alicyclic amines) is 1. The van der Waals surface area contributed by atoms with Gasteiger partial charge in [-0.3, -0.25) is 9.59 Å². The average molecular weight is 310 g/mol. The lowest BCUT2D eigenvalue weighted by molar-refractivity contribution is -0.151. The molecule has 1 saturated heterocycles. The molecular weight excluding hydrogens is 290 g/mol. The van der Waals surface area contributed by atoms with Gasteiger partial charge in [0, 0.05) is 18.1 Å². The molecule has 1 heterocycles. The Hall–Kier alpha value is -1.55. The van der Waals surface area contributed by atoms with Crippen LogP contribution in [0.15, 0.2) is 24.3 Å². The van der Waals surface area contributed by atoms with E-state index in [4.69, 9.17) is 16.3 Å². The van der Waals surface area contributed by atoms with Gasteiger partial charge in [0.25, 0.3) is 0 Å². The van der Waals surface area contributed by atoms with Gasteiger partial charge in [0.1, 0.15) is 0 Å². The molecule has 1 aromatic carbocycles. The Morgan fingerprint density at radius 2 is 2.05 bits per heavy atom. The summed E-state index contributed by atoms with van der Waals surface area (Å²) < 4.78 is 5.05. The van der Waals surface area contributed by atoms with Crippen LogP contribution in [0.3, 0.4) is 0 Å². The number of carbonyl (C=O) groups excluding carboxylic acids is 2. The first kappa shape index (κ1) is 15.8. The van der Waals surface area contributed by atoms with E-state index in [2.05, 4.69) is 0 Å². The maximum absolute atomic E-state index is 12.3. The van der Waals surface area contributed by atoms with Crippen molar-refractivity contribution >= 4 is 23.5 Å². The normalized spacial score (nSPS) is 18.4. The Bertz CT molecular complexity index is 501. The largest absolute Gasteiger partial charge is 0.466 e. The molecular formula is C16H20ClNO3. The van der Waals surface area contributed by atoms with Crippen molar-refractivity contribution in [3.05, 3.63) is 34.9 Å². The number of ether oxygens (including phenoxy) is 1. The van der Waals surface area contributed by atoms with Crippen molar-refractivity contribution in [2.24, 2.45) is 5.92 Å². The molecule has 1 aromatic rings. The summed E-state index contributed by atoms with van der Waals surface area (Å²) in [5, 5.41) is 0.659. The lowest BCUT2D eigenvalue weighted by Gasteiger charge is -2.31. The molecule has 1 amide bonds. The van der Waals surface area contributed by atoms with Gasteiger partial charge in [0.2, 0.25) is 5.91 Å². The number of halogens is 1. The van der Waals surface area contributed by atoms with E-state index in [1.165, 1.54) is 0 Å². The van der Waals surface area contributed by atoms with Gasteiger partial charge in [-0.2, -0.15) is 0 Å². The van der Waals surface area contributed by atoms with E-state index in [0.29, 0.717) is 31.1 Å². The van der Waals surface area contributed by atoms with Gasteiger partial charge < -0.3 is 9.64 Å². The van der Waals surface area contributed by atoms with Crippen molar-refractivity contribution < 1.29 is 14.3 Å². The maximum atomic E-state index is 12.3. The van der Waals surface area contributed by atoms with Crippen LogP contribution in [0.4, 0.5) is 0 Å². The van der Waals surface area contributed by atoms with Crippen LogP contribution in [0, 0.1) is 5.92 Å². The highest BCUT2D eigenvalue weighted by molar-refractivity contribution is 6.30. The molecule has 2 rings (SSSR count). The number of amides is 1. The Balaban J connectivity index is 1.92. The smallest absolute Gasteiger partial charge is 0.310 e. The fourth-order valence-electron chi connectivity index (χ4n) is 2.54. The predicted octanol–water partition coefficient (Wildman–Crippen LogP) is 2.68. The molecule has 0 spiro atoms. The third-order valence-corrected chi connectivity index (χ3v) is 3.91. The van der Waals surface area contributed by atoms with E-state index in [1.807, 2.05) is 12.1 Å². The second-order valence-electron chi connectivity index (χ2n) is 5.23. The lowest BCUT2D eigenvalue weighted by atomic mass is 9.97. The summed E-state index contributed by atoms with van der Waals surface area (Å²) in [6.07, 6.45) is 1.98. The van der Waals surface area contributed by atoms with Gasteiger partial charge >= 0.3 is 5.97 Å². The highest BCUT2D eigenvalue weighted by atomic mass is 35.5. The van der Waals surface area contributed by atoms with Gasteiger partial charge in [-0.25, -0.2) is 0 Å². The minimum Gasteiger partial charge on any atom is -0.466 e. The first-order valence-corrected chi connectivity index (χ1v) is 7.66. The topological polar surface area (TPSA) is 46.6 Å². The first-order valence-electron chi connectivity index (χ1n) is 7.29. The second kappa shape index (κ2) is 7.46. The zero-order valence-electron chi connectivity index (χ0n) is 12.2. The van der Waals surface area contributed by atoms with Gasteiger partial charge in [-0.1, -0.05) is 23.7 Å². The number of nitrogens with zero attached hydrogens (tertiary/aromatic N) is 1. The van der Waals surface area contributed by atoms with E-state index in [-0.39, 0.29) is 17.8 Å². The number of hydrogen-bond donors (Lipinski definition) is 0. The summed E-state index contributed by atoms with van der Waals surface area (Å²) in [6, 6.07) is 7.27. The van der Waals surface area contributed by atoms with E-state index in [1.54, 1.807) is 24.0 Å². The second-order valence-corrected chi connectivity index (χ2v) is 5.67. The molecule has 0 aromatic heterocycles. The van der Waals surface area contributed by atoms with Crippen LogP contribution < -0.4 is 0 Å². The van der Waals surface area contributed by atoms with Gasteiger partial charge in [0.05, 0.1) is 18.9 Å². The SMILES string of the molecule is CCOC(=O)C1CCCN(C(=O)Cc2ccc(Cl)cc2)C1. The van der Waals surface area contributed by atoms with Crippen molar-refractivity contribution in [1.82, 2.24) is 4.90 Å². The first-order chi connectivity index (χ1) is 10.1. The van der Waals surface area contributed by atoms with Crippen LogP contribution in [0.1, 0.15) is 25.3 Å². The summed E-state index contributed by atoms with van der Waals surface area (Å²) in [5.74, 6) is -0.333. The van der Waals surface area contributed by atoms with E-state index in [9.17, 15) is 9.59 Å². The van der Waals surface area contributed by atoms with E-state index < -0.39 is 0 Å². The molecule has 1 aliphatic rings. The molecule has 1 atom stereocenters. The Labute approximate surface area is 130 Å². The summed E-state index contributed by atoms with van der Waals surface area (Å²) >= 11 is 5.83. The van der Waals surface area contributed by atoms with Gasteiger partial charge in [0.15, 0.2) is 0 Å². The minimum atomic E-state index is -0.193. The monoisotopic (exact) mass is 309 g/mol. The summed E-state index contributed by atoms with van der Waals surface area (Å²) in [6.45, 7) is 3.35. The van der Waals surface area contributed by atoms with E-state index >= 15 is 0 Å². The summed E-state index contributed by atoms with van der Waals surface area (Å²) in [5.41, 5.74) is 0.933. The molecule has 5 heteroatoms. The fraction of sp³-hybridized carbons (Fsp3) is 0.500. The highest BCUT2D eigenvalue weighted by Crippen LogP contribution is 2.19. The van der Waals surface area contributed by atoms with Gasteiger partial charge in [-0.05, 0) is 37.5 Å².